The summed E-state index contributed by atoms with van der Waals surface area (Å²) >= 11 is 0. The van der Waals surface area contributed by atoms with E-state index in [0.29, 0.717) is 12.5 Å². The van der Waals surface area contributed by atoms with Crippen molar-refractivity contribution in [1.82, 2.24) is 0 Å². The van der Waals surface area contributed by atoms with Crippen LogP contribution in [-0.4, -0.2) is 11.7 Å². The molecule has 1 fully saturated rings. The Hall–Kier alpha value is -1.60. The Balaban J connectivity index is 2.02. The molecule has 1 N–H and O–H groups in total. The fourth-order valence-electron chi connectivity index (χ4n) is 3.21. The van der Waals surface area contributed by atoms with Crippen molar-refractivity contribution < 1.29 is 5.11 Å². The van der Waals surface area contributed by atoms with Gasteiger partial charge in [0.2, 0.25) is 0 Å². The molecule has 1 aliphatic carbocycles. The van der Waals surface area contributed by atoms with Crippen molar-refractivity contribution in [2.75, 3.05) is 6.61 Å². The highest BCUT2D eigenvalue weighted by molar-refractivity contribution is 5.42. The van der Waals surface area contributed by atoms with Gasteiger partial charge < -0.3 is 5.11 Å². The van der Waals surface area contributed by atoms with Crippen molar-refractivity contribution in [3.8, 4) is 0 Å². The van der Waals surface area contributed by atoms with E-state index in [4.69, 9.17) is 0 Å². The van der Waals surface area contributed by atoms with E-state index in [1.807, 2.05) is 0 Å². The molecule has 0 radical (unpaired) electrons. The van der Waals surface area contributed by atoms with Crippen LogP contribution in [0.1, 0.15) is 24.0 Å². The maximum Gasteiger partial charge on any atom is 0.0460 e. The molecule has 0 saturated heterocycles. The number of hydrogen-bond acceptors (Lipinski definition) is 1. The van der Waals surface area contributed by atoms with Crippen LogP contribution in [0.15, 0.2) is 60.7 Å². The van der Waals surface area contributed by atoms with Crippen LogP contribution < -0.4 is 0 Å². The minimum Gasteiger partial charge on any atom is -0.396 e. The maximum atomic E-state index is 9.31. The fourth-order valence-corrected chi connectivity index (χ4v) is 3.21. The Morgan fingerprint density at radius 1 is 0.833 bits per heavy atom. The first kappa shape index (κ1) is 11.5. The lowest BCUT2D eigenvalue weighted by Crippen LogP contribution is -2.43. The van der Waals surface area contributed by atoms with Crippen LogP contribution in [0, 0.1) is 5.92 Å². The smallest absolute Gasteiger partial charge is 0.0460 e. The highest BCUT2D eigenvalue weighted by Gasteiger charge is 2.46. The van der Waals surface area contributed by atoms with Crippen molar-refractivity contribution in [3.63, 3.8) is 0 Å². The van der Waals surface area contributed by atoms with Crippen LogP contribution in [0.2, 0.25) is 0 Å². The second-order valence-corrected chi connectivity index (χ2v) is 5.27. The van der Waals surface area contributed by atoms with E-state index < -0.39 is 0 Å². The van der Waals surface area contributed by atoms with Gasteiger partial charge in [0.15, 0.2) is 0 Å². The van der Waals surface area contributed by atoms with Crippen LogP contribution in [-0.2, 0) is 5.41 Å². The molecule has 92 valence electrons. The Labute approximate surface area is 108 Å². The van der Waals surface area contributed by atoms with Gasteiger partial charge >= 0.3 is 0 Å². The minimum atomic E-state index is 0.121. The van der Waals surface area contributed by atoms with Crippen LogP contribution in [0.5, 0.6) is 0 Å². The zero-order chi connectivity index (χ0) is 12.4. The van der Waals surface area contributed by atoms with E-state index in [1.165, 1.54) is 11.1 Å². The summed E-state index contributed by atoms with van der Waals surface area (Å²) in [6, 6.07) is 21.4. The number of aliphatic hydroxyl groups is 1. The Kier molecular flexibility index (Phi) is 2.92. The predicted octanol–water partition coefficient (Wildman–Crippen LogP) is 3.38. The van der Waals surface area contributed by atoms with Gasteiger partial charge in [-0.05, 0) is 29.9 Å². The largest absolute Gasteiger partial charge is 0.396 e. The van der Waals surface area contributed by atoms with Gasteiger partial charge in [-0.3, -0.25) is 0 Å². The van der Waals surface area contributed by atoms with E-state index >= 15 is 0 Å². The average molecular weight is 238 g/mol. The quantitative estimate of drug-likeness (QED) is 0.869. The molecule has 1 heteroatoms. The molecular formula is C17H18O. The highest BCUT2D eigenvalue weighted by Crippen LogP contribution is 2.52. The van der Waals surface area contributed by atoms with Gasteiger partial charge in [0, 0.05) is 12.0 Å². The van der Waals surface area contributed by atoms with Crippen LogP contribution in [0.25, 0.3) is 0 Å². The summed E-state index contributed by atoms with van der Waals surface area (Å²) in [7, 11) is 0. The molecule has 2 aromatic rings. The molecule has 0 heterocycles. The van der Waals surface area contributed by atoms with E-state index in [1.54, 1.807) is 0 Å². The Bertz CT molecular complexity index is 456. The van der Waals surface area contributed by atoms with E-state index in [-0.39, 0.29) is 5.41 Å². The van der Waals surface area contributed by atoms with Crippen LogP contribution in [0.3, 0.4) is 0 Å². The minimum absolute atomic E-state index is 0.121. The molecule has 0 atom stereocenters. The van der Waals surface area contributed by atoms with Crippen LogP contribution in [0.4, 0.5) is 0 Å². The predicted molar refractivity (Wildman–Crippen MR) is 73.5 cm³/mol. The monoisotopic (exact) mass is 238 g/mol. The SMILES string of the molecule is OCC1CC(c2ccccc2)(c2ccccc2)C1. The number of hydrogen-bond donors (Lipinski definition) is 1. The van der Waals surface area contributed by atoms with Gasteiger partial charge in [-0.2, -0.15) is 0 Å². The van der Waals surface area contributed by atoms with Crippen LogP contribution >= 0.6 is 0 Å². The first-order chi connectivity index (χ1) is 8.85. The molecule has 0 aromatic heterocycles. The molecule has 0 amide bonds. The molecule has 0 bridgehead atoms. The summed E-state index contributed by atoms with van der Waals surface area (Å²) < 4.78 is 0. The molecule has 18 heavy (non-hydrogen) atoms. The number of rotatable bonds is 3. The zero-order valence-corrected chi connectivity index (χ0v) is 10.4. The molecule has 0 spiro atoms. The molecule has 2 aromatic carbocycles. The maximum absolute atomic E-state index is 9.31. The number of benzene rings is 2. The normalized spacial score (nSPS) is 18.3. The Morgan fingerprint density at radius 3 is 1.67 bits per heavy atom. The van der Waals surface area contributed by atoms with Crippen molar-refractivity contribution in [3.05, 3.63) is 71.8 Å². The second kappa shape index (κ2) is 4.58. The standard InChI is InChI=1S/C17H18O/c18-13-14-11-17(12-14,15-7-3-1-4-8-15)16-9-5-2-6-10-16/h1-10,14,18H,11-13H2. The summed E-state index contributed by atoms with van der Waals surface area (Å²) in [5, 5.41) is 9.31. The van der Waals surface area contributed by atoms with Gasteiger partial charge in [-0.25, -0.2) is 0 Å². The lowest BCUT2D eigenvalue weighted by molar-refractivity contribution is 0.101. The van der Waals surface area contributed by atoms with Crippen molar-refractivity contribution in [2.45, 2.75) is 18.3 Å². The molecule has 3 rings (SSSR count). The van der Waals surface area contributed by atoms with Crippen molar-refractivity contribution >= 4 is 0 Å². The van der Waals surface area contributed by atoms with E-state index in [0.717, 1.165) is 12.8 Å². The molecule has 0 aliphatic heterocycles. The summed E-state index contributed by atoms with van der Waals surface area (Å²) in [5.74, 6) is 0.449. The van der Waals surface area contributed by atoms with E-state index in [9.17, 15) is 5.11 Å². The zero-order valence-electron chi connectivity index (χ0n) is 10.4. The number of aliphatic hydroxyl groups excluding tert-OH is 1. The first-order valence-electron chi connectivity index (χ1n) is 6.57. The topological polar surface area (TPSA) is 20.2 Å². The van der Waals surface area contributed by atoms with Crippen molar-refractivity contribution in [1.29, 1.82) is 0 Å². The molecule has 1 saturated carbocycles. The summed E-state index contributed by atoms with van der Waals surface area (Å²) in [6.45, 7) is 0.307. The molecule has 0 unspecified atom stereocenters. The lowest BCUT2D eigenvalue weighted by atomic mass is 9.56. The lowest BCUT2D eigenvalue weighted by Gasteiger charge is -2.48. The summed E-state index contributed by atoms with van der Waals surface area (Å²) in [6.07, 6.45) is 2.11. The average Bonchev–Trinajstić information content (AvgIpc) is 2.41. The summed E-state index contributed by atoms with van der Waals surface area (Å²) in [4.78, 5) is 0. The van der Waals surface area contributed by atoms with Gasteiger partial charge in [0.05, 0.1) is 0 Å². The van der Waals surface area contributed by atoms with Gasteiger partial charge in [-0.15, -0.1) is 0 Å². The third-order valence-corrected chi connectivity index (χ3v) is 4.19. The first-order valence-corrected chi connectivity index (χ1v) is 6.57. The third kappa shape index (κ3) is 1.75. The molecule has 1 aliphatic rings. The Morgan fingerprint density at radius 2 is 1.28 bits per heavy atom. The molecular weight excluding hydrogens is 220 g/mol. The van der Waals surface area contributed by atoms with Crippen molar-refractivity contribution in [2.24, 2.45) is 5.92 Å². The summed E-state index contributed by atoms with van der Waals surface area (Å²) in [5.41, 5.74) is 2.87. The second-order valence-electron chi connectivity index (χ2n) is 5.27. The van der Waals surface area contributed by atoms with Gasteiger partial charge in [-0.1, -0.05) is 60.7 Å². The fraction of sp³-hybridized carbons (Fsp3) is 0.294. The third-order valence-electron chi connectivity index (χ3n) is 4.19. The van der Waals surface area contributed by atoms with Gasteiger partial charge in [0.25, 0.3) is 0 Å². The highest BCUT2D eigenvalue weighted by atomic mass is 16.3. The van der Waals surface area contributed by atoms with E-state index in [2.05, 4.69) is 60.7 Å². The molecule has 1 nitrogen and oxygen atoms in total. The van der Waals surface area contributed by atoms with Gasteiger partial charge in [0.1, 0.15) is 0 Å².